The molecule has 0 heterocycles. The van der Waals surface area contributed by atoms with E-state index in [4.69, 9.17) is 4.74 Å². The van der Waals surface area contributed by atoms with Crippen LogP contribution in [-0.4, -0.2) is 21.9 Å². The van der Waals surface area contributed by atoms with Crippen LogP contribution < -0.4 is 5.32 Å². The van der Waals surface area contributed by atoms with Gasteiger partial charge in [0.05, 0.1) is 11.3 Å². The summed E-state index contributed by atoms with van der Waals surface area (Å²) in [6.45, 7) is 5.29. The molecule has 0 aromatic heterocycles. The van der Waals surface area contributed by atoms with Crippen molar-refractivity contribution in [1.29, 1.82) is 0 Å². The van der Waals surface area contributed by atoms with Crippen LogP contribution >= 0.6 is 0 Å². The highest BCUT2D eigenvalue weighted by atomic mass is 16.6. The molecule has 19 heavy (non-hydrogen) atoms. The molecule has 0 atom stereocenters. The molecule has 0 unspecified atom stereocenters. The maximum Gasteiger partial charge on any atom is 0.412 e. The number of nitrogens with one attached hydrogen (secondary N) is 1. The summed E-state index contributed by atoms with van der Waals surface area (Å²) in [4.78, 5) is 11.6. The van der Waals surface area contributed by atoms with Gasteiger partial charge in [-0.2, -0.15) is 0 Å². The first-order chi connectivity index (χ1) is 8.70. The first-order valence-corrected chi connectivity index (χ1v) is 6.25. The largest absolute Gasteiger partial charge is 0.506 e. The minimum absolute atomic E-state index is 0.0799. The summed E-state index contributed by atoms with van der Waals surface area (Å²) in [6, 6.07) is 4.73. The van der Waals surface area contributed by atoms with Crippen LogP contribution in [0.25, 0.3) is 0 Å². The zero-order valence-corrected chi connectivity index (χ0v) is 11.4. The molecule has 5 heteroatoms. The fourth-order valence-electron chi connectivity index (χ4n) is 1.75. The van der Waals surface area contributed by atoms with Crippen LogP contribution in [0, 0.1) is 0 Å². The fourth-order valence-corrected chi connectivity index (χ4v) is 1.75. The van der Waals surface area contributed by atoms with Crippen molar-refractivity contribution in [2.75, 3.05) is 5.32 Å². The summed E-state index contributed by atoms with van der Waals surface area (Å²) in [7, 11) is 0. The number of aliphatic hydroxyl groups is 1. The van der Waals surface area contributed by atoms with E-state index in [2.05, 4.69) is 5.32 Å². The van der Waals surface area contributed by atoms with E-state index in [9.17, 15) is 15.0 Å². The Hall–Kier alpha value is -1.75. The van der Waals surface area contributed by atoms with Gasteiger partial charge in [0.1, 0.15) is 11.4 Å². The molecule has 1 fully saturated rings. The Morgan fingerprint density at radius 3 is 2.47 bits per heavy atom. The summed E-state index contributed by atoms with van der Waals surface area (Å²) in [5, 5.41) is 22.2. The van der Waals surface area contributed by atoms with Crippen molar-refractivity contribution < 1.29 is 19.7 Å². The van der Waals surface area contributed by atoms with E-state index in [1.54, 1.807) is 32.9 Å². The van der Waals surface area contributed by atoms with Crippen LogP contribution in [0.3, 0.4) is 0 Å². The molecule has 0 aliphatic heterocycles. The molecule has 1 aliphatic carbocycles. The third-order valence-corrected chi connectivity index (χ3v) is 2.89. The van der Waals surface area contributed by atoms with Gasteiger partial charge in [-0.25, -0.2) is 4.79 Å². The summed E-state index contributed by atoms with van der Waals surface area (Å²) < 4.78 is 5.10. The van der Waals surface area contributed by atoms with Crippen LogP contribution in [0.1, 0.15) is 39.2 Å². The number of phenols is 1. The molecule has 104 valence electrons. The van der Waals surface area contributed by atoms with Crippen molar-refractivity contribution >= 4 is 11.8 Å². The zero-order valence-electron chi connectivity index (χ0n) is 11.4. The second-order valence-corrected chi connectivity index (χ2v) is 5.89. The highest BCUT2D eigenvalue weighted by Gasteiger charge is 2.42. The smallest absolute Gasteiger partial charge is 0.412 e. The lowest BCUT2D eigenvalue weighted by molar-refractivity contribution is 0.0635. The van der Waals surface area contributed by atoms with Gasteiger partial charge in [0.25, 0.3) is 0 Å². The number of hydrogen-bond donors (Lipinski definition) is 3. The third kappa shape index (κ3) is 3.38. The zero-order chi connectivity index (χ0) is 14.3. The SMILES string of the molecule is CC(C)(C)OC(=O)Nc1ccc(C2(O)CC2)cc1O. The van der Waals surface area contributed by atoms with Crippen LogP contribution in [0.15, 0.2) is 18.2 Å². The van der Waals surface area contributed by atoms with Gasteiger partial charge < -0.3 is 14.9 Å². The Morgan fingerprint density at radius 1 is 1.37 bits per heavy atom. The molecular weight excluding hydrogens is 246 g/mol. The van der Waals surface area contributed by atoms with Crippen molar-refractivity contribution in [2.24, 2.45) is 0 Å². The highest BCUT2D eigenvalue weighted by Crippen LogP contribution is 2.46. The molecule has 1 aromatic rings. The third-order valence-electron chi connectivity index (χ3n) is 2.89. The van der Waals surface area contributed by atoms with Crippen LogP contribution in [0.4, 0.5) is 10.5 Å². The Labute approximate surface area is 112 Å². The quantitative estimate of drug-likeness (QED) is 0.718. The Morgan fingerprint density at radius 2 is 2.00 bits per heavy atom. The number of amides is 1. The number of carbonyl (C=O) groups is 1. The second kappa shape index (κ2) is 4.42. The Kier molecular flexibility index (Phi) is 3.18. The van der Waals surface area contributed by atoms with Crippen molar-refractivity contribution in [2.45, 2.75) is 44.8 Å². The Balaban J connectivity index is 2.07. The minimum atomic E-state index is -0.804. The molecule has 0 radical (unpaired) electrons. The van der Waals surface area contributed by atoms with E-state index < -0.39 is 17.3 Å². The molecule has 3 N–H and O–H groups in total. The molecule has 5 nitrogen and oxygen atoms in total. The van der Waals surface area contributed by atoms with Crippen molar-refractivity contribution in [3.8, 4) is 5.75 Å². The van der Waals surface area contributed by atoms with Crippen molar-refractivity contribution in [1.82, 2.24) is 0 Å². The number of carbonyl (C=O) groups excluding carboxylic acids is 1. The number of hydrogen-bond acceptors (Lipinski definition) is 4. The van der Waals surface area contributed by atoms with E-state index in [1.807, 2.05) is 0 Å². The van der Waals surface area contributed by atoms with Crippen LogP contribution in [0.2, 0.25) is 0 Å². The summed E-state index contributed by atoms with van der Waals surface area (Å²) in [5.74, 6) is -0.0799. The highest BCUT2D eigenvalue weighted by molar-refractivity contribution is 5.87. The molecular formula is C14H19NO4. The lowest BCUT2D eigenvalue weighted by Gasteiger charge is -2.20. The average Bonchev–Trinajstić information content (AvgIpc) is 2.98. The molecule has 1 saturated carbocycles. The van der Waals surface area contributed by atoms with E-state index in [1.165, 1.54) is 6.07 Å². The van der Waals surface area contributed by atoms with E-state index in [0.717, 1.165) is 0 Å². The standard InChI is InChI=1S/C14H19NO4/c1-13(2,3)19-12(17)15-10-5-4-9(8-11(10)16)14(18)6-7-14/h4-5,8,16,18H,6-7H2,1-3H3,(H,15,17). The van der Waals surface area contributed by atoms with Gasteiger partial charge in [-0.15, -0.1) is 0 Å². The topological polar surface area (TPSA) is 78.8 Å². The van der Waals surface area contributed by atoms with Gasteiger partial charge in [0, 0.05) is 0 Å². The molecule has 1 aromatic carbocycles. The first kappa shape index (κ1) is 13.7. The number of anilines is 1. The van der Waals surface area contributed by atoms with Gasteiger partial charge in [-0.3, -0.25) is 5.32 Å². The lowest BCUT2D eigenvalue weighted by atomic mass is 10.1. The maximum atomic E-state index is 11.6. The number of rotatable bonds is 2. The molecule has 1 aliphatic rings. The van der Waals surface area contributed by atoms with Crippen molar-refractivity contribution in [3.63, 3.8) is 0 Å². The van der Waals surface area contributed by atoms with E-state index >= 15 is 0 Å². The average molecular weight is 265 g/mol. The molecule has 0 bridgehead atoms. The number of benzene rings is 1. The lowest BCUT2D eigenvalue weighted by Crippen LogP contribution is -2.27. The molecule has 1 amide bonds. The number of ether oxygens (including phenoxy) is 1. The van der Waals surface area contributed by atoms with Crippen LogP contribution in [-0.2, 0) is 10.3 Å². The predicted octanol–water partition coefficient (Wildman–Crippen LogP) is 2.72. The van der Waals surface area contributed by atoms with Gasteiger partial charge in [-0.1, -0.05) is 6.07 Å². The van der Waals surface area contributed by atoms with Gasteiger partial charge in [-0.05, 0) is 51.3 Å². The van der Waals surface area contributed by atoms with Gasteiger partial charge in [0.15, 0.2) is 0 Å². The van der Waals surface area contributed by atoms with Crippen LogP contribution in [0.5, 0.6) is 5.75 Å². The van der Waals surface area contributed by atoms with E-state index in [-0.39, 0.29) is 11.4 Å². The van der Waals surface area contributed by atoms with Gasteiger partial charge >= 0.3 is 6.09 Å². The van der Waals surface area contributed by atoms with E-state index in [0.29, 0.717) is 18.4 Å². The molecule has 2 rings (SSSR count). The molecule has 0 saturated heterocycles. The second-order valence-electron chi connectivity index (χ2n) is 5.89. The minimum Gasteiger partial charge on any atom is -0.506 e. The summed E-state index contributed by atoms with van der Waals surface area (Å²) in [5.41, 5.74) is -0.466. The predicted molar refractivity (Wildman–Crippen MR) is 71.1 cm³/mol. The maximum absolute atomic E-state index is 11.6. The monoisotopic (exact) mass is 265 g/mol. The summed E-state index contributed by atoms with van der Waals surface area (Å²) in [6.07, 6.45) is 0.775. The number of aromatic hydroxyl groups is 1. The normalized spacial score (nSPS) is 16.8. The summed E-state index contributed by atoms with van der Waals surface area (Å²) >= 11 is 0. The Bertz CT molecular complexity index is 501. The fraction of sp³-hybridized carbons (Fsp3) is 0.500. The first-order valence-electron chi connectivity index (χ1n) is 6.25. The van der Waals surface area contributed by atoms with Crippen molar-refractivity contribution in [3.05, 3.63) is 23.8 Å². The molecule has 0 spiro atoms. The number of phenolic OH excluding ortho intramolecular Hbond substituents is 1. The van der Waals surface area contributed by atoms with Gasteiger partial charge in [0.2, 0.25) is 0 Å².